The minimum absolute atomic E-state index is 1.09. The summed E-state index contributed by atoms with van der Waals surface area (Å²) in [7, 11) is 0. The number of rotatable bonds is 7. The van der Waals surface area contributed by atoms with Gasteiger partial charge in [-0.15, -0.1) is 22.7 Å². The van der Waals surface area contributed by atoms with Gasteiger partial charge in [-0.2, -0.15) is 0 Å². The standard InChI is InChI=1S/C60H38N2S2/c1-3-18-39(19-4-1)42-22-7-11-30-52(42)62(55-33-17-32-54-58(55)50-25-8-12-31-53(50)61(54)40-20-5-2-6-21-40)41-36-37-43(46-26-15-27-47-44-23-9-13-34-56(44)63-59(46)47)51(38-41)49-29-16-28-48-45-24-10-14-35-57(45)64-60(48)49/h1-38H. The molecule has 0 amide bonds. The van der Waals surface area contributed by atoms with Crippen LogP contribution in [0.2, 0.25) is 0 Å². The summed E-state index contributed by atoms with van der Waals surface area (Å²) < 4.78 is 7.63. The normalized spacial score (nSPS) is 11.8. The molecule has 0 aliphatic carbocycles. The van der Waals surface area contributed by atoms with Crippen molar-refractivity contribution in [2.75, 3.05) is 4.90 Å². The van der Waals surface area contributed by atoms with Crippen molar-refractivity contribution in [1.29, 1.82) is 0 Å². The van der Waals surface area contributed by atoms with Gasteiger partial charge in [0.1, 0.15) is 0 Å². The third kappa shape index (κ3) is 5.77. The number of anilines is 3. The van der Waals surface area contributed by atoms with Crippen molar-refractivity contribution >= 4 is 102 Å². The van der Waals surface area contributed by atoms with Crippen LogP contribution in [0.3, 0.4) is 0 Å². The first-order chi connectivity index (χ1) is 31.8. The second-order valence-corrected chi connectivity index (χ2v) is 18.5. The third-order valence-corrected chi connectivity index (χ3v) is 15.3. The summed E-state index contributed by atoms with van der Waals surface area (Å²) in [5, 5.41) is 7.61. The Morgan fingerprint density at radius 3 is 1.56 bits per heavy atom. The molecule has 0 aliphatic rings. The molecular weight excluding hydrogens is 813 g/mol. The van der Waals surface area contributed by atoms with Gasteiger partial charge in [-0.1, -0.05) is 170 Å². The Labute approximate surface area is 378 Å². The molecule has 13 rings (SSSR count). The number of benzene rings is 10. The Bertz CT molecular complexity index is 3910. The predicted molar refractivity (Wildman–Crippen MR) is 278 cm³/mol. The number of para-hydroxylation sites is 3. The lowest BCUT2D eigenvalue weighted by atomic mass is 9.91. The summed E-state index contributed by atoms with van der Waals surface area (Å²) in [5.74, 6) is 0. The first-order valence-corrected chi connectivity index (χ1v) is 23.4. The van der Waals surface area contributed by atoms with Crippen molar-refractivity contribution in [3.05, 3.63) is 231 Å². The molecule has 10 aromatic carbocycles. The van der Waals surface area contributed by atoms with Crippen molar-refractivity contribution < 1.29 is 0 Å². The van der Waals surface area contributed by atoms with E-state index in [0.29, 0.717) is 0 Å². The third-order valence-electron chi connectivity index (χ3n) is 12.8. The van der Waals surface area contributed by atoms with Crippen LogP contribution in [0.5, 0.6) is 0 Å². The van der Waals surface area contributed by atoms with Crippen LogP contribution in [0.15, 0.2) is 231 Å². The topological polar surface area (TPSA) is 8.17 Å². The van der Waals surface area contributed by atoms with E-state index in [9.17, 15) is 0 Å². The SMILES string of the molecule is c1ccc(-c2ccccc2N(c2ccc(-c3cccc4c3sc3ccccc34)c(-c3cccc4c3sc3ccccc34)c2)c2cccc3c2c2ccccc2n3-c2ccccc2)cc1. The van der Waals surface area contributed by atoms with Crippen LogP contribution in [-0.2, 0) is 0 Å². The van der Waals surface area contributed by atoms with Crippen LogP contribution in [0, 0.1) is 0 Å². The molecule has 0 bridgehead atoms. The average Bonchev–Trinajstić information content (AvgIpc) is 4.05. The van der Waals surface area contributed by atoms with Crippen molar-refractivity contribution in [2.24, 2.45) is 0 Å². The highest BCUT2D eigenvalue weighted by Crippen LogP contribution is 2.51. The Kier molecular flexibility index (Phi) is 8.61. The smallest absolute Gasteiger partial charge is 0.0562 e. The van der Waals surface area contributed by atoms with Gasteiger partial charge in [0.25, 0.3) is 0 Å². The molecule has 0 saturated heterocycles. The van der Waals surface area contributed by atoms with E-state index < -0.39 is 0 Å². The molecule has 0 radical (unpaired) electrons. The zero-order chi connectivity index (χ0) is 42.1. The van der Waals surface area contributed by atoms with Gasteiger partial charge < -0.3 is 9.47 Å². The maximum atomic E-state index is 2.52. The molecule has 300 valence electrons. The van der Waals surface area contributed by atoms with Gasteiger partial charge in [0, 0.05) is 79.2 Å². The van der Waals surface area contributed by atoms with E-state index in [1.807, 2.05) is 22.7 Å². The quantitative estimate of drug-likeness (QED) is 0.155. The first-order valence-electron chi connectivity index (χ1n) is 21.8. The van der Waals surface area contributed by atoms with Gasteiger partial charge in [0.2, 0.25) is 0 Å². The summed E-state index contributed by atoms with van der Waals surface area (Å²) in [6, 6.07) is 84.7. The lowest BCUT2D eigenvalue weighted by Crippen LogP contribution is -2.12. The lowest BCUT2D eigenvalue weighted by Gasteiger charge is -2.30. The highest BCUT2D eigenvalue weighted by Gasteiger charge is 2.25. The minimum atomic E-state index is 1.09. The molecule has 4 heteroatoms. The number of nitrogens with zero attached hydrogens (tertiary/aromatic N) is 2. The van der Waals surface area contributed by atoms with Gasteiger partial charge in [0.15, 0.2) is 0 Å². The molecule has 0 unspecified atom stereocenters. The molecule has 0 atom stereocenters. The van der Waals surface area contributed by atoms with Crippen LogP contribution in [0.4, 0.5) is 17.1 Å². The summed E-state index contributed by atoms with van der Waals surface area (Å²) >= 11 is 3.78. The summed E-state index contributed by atoms with van der Waals surface area (Å²) in [4.78, 5) is 2.52. The molecule has 0 fully saturated rings. The number of hydrogen-bond donors (Lipinski definition) is 0. The molecule has 3 aromatic heterocycles. The first kappa shape index (κ1) is 36.9. The van der Waals surface area contributed by atoms with Gasteiger partial charge >= 0.3 is 0 Å². The Morgan fingerprint density at radius 2 is 0.844 bits per heavy atom. The molecule has 0 spiro atoms. The fourth-order valence-electron chi connectivity index (χ4n) is 10.0. The van der Waals surface area contributed by atoms with Crippen LogP contribution >= 0.6 is 22.7 Å². The molecule has 2 nitrogen and oxygen atoms in total. The van der Waals surface area contributed by atoms with Crippen molar-refractivity contribution in [2.45, 2.75) is 0 Å². The molecule has 0 aliphatic heterocycles. The molecular formula is C60H38N2S2. The predicted octanol–water partition coefficient (Wildman–Crippen LogP) is 18.0. The van der Waals surface area contributed by atoms with Crippen LogP contribution in [0.1, 0.15) is 0 Å². The Balaban J connectivity index is 1.14. The zero-order valence-corrected chi connectivity index (χ0v) is 36.3. The van der Waals surface area contributed by atoms with E-state index >= 15 is 0 Å². The average molecular weight is 851 g/mol. The van der Waals surface area contributed by atoms with Crippen molar-refractivity contribution in [3.63, 3.8) is 0 Å². The maximum Gasteiger partial charge on any atom is 0.0562 e. The second-order valence-electron chi connectivity index (χ2n) is 16.4. The maximum absolute atomic E-state index is 2.52. The molecule has 64 heavy (non-hydrogen) atoms. The van der Waals surface area contributed by atoms with Crippen molar-refractivity contribution in [3.8, 4) is 39.1 Å². The van der Waals surface area contributed by atoms with Crippen LogP contribution in [0.25, 0.3) is 101 Å². The molecule has 3 heterocycles. The van der Waals surface area contributed by atoms with E-state index in [1.54, 1.807) is 0 Å². The van der Waals surface area contributed by atoms with E-state index in [2.05, 4.69) is 240 Å². The van der Waals surface area contributed by atoms with Crippen LogP contribution < -0.4 is 4.90 Å². The van der Waals surface area contributed by atoms with Gasteiger partial charge in [0.05, 0.1) is 22.4 Å². The Morgan fingerprint density at radius 1 is 0.328 bits per heavy atom. The molecule has 0 N–H and O–H groups in total. The minimum Gasteiger partial charge on any atom is -0.309 e. The number of hydrogen-bond acceptors (Lipinski definition) is 3. The number of aromatic nitrogens is 1. The van der Waals surface area contributed by atoms with Crippen molar-refractivity contribution in [1.82, 2.24) is 4.57 Å². The van der Waals surface area contributed by atoms with Gasteiger partial charge in [-0.25, -0.2) is 0 Å². The summed E-state index contributed by atoms with van der Waals surface area (Å²) in [6.45, 7) is 0. The highest BCUT2D eigenvalue weighted by atomic mass is 32.1. The van der Waals surface area contributed by atoms with Gasteiger partial charge in [-0.05, 0) is 77.4 Å². The van der Waals surface area contributed by atoms with Crippen LogP contribution in [-0.4, -0.2) is 4.57 Å². The highest BCUT2D eigenvalue weighted by molar-refractivity contribution is 7.26. The molecule has 13 aromatic rings. The molecule has 0 saturated carbocycles. The summed E-state index contributed by atoms with van der Waals surface area (Å²) in [5.41, 5.74) is 14.1. The Hall–Kier alpha value is -7.76. The van der Waals surface area contributed by atoms with E-state index in [1.165, 1.54) is 90.0 Å². The fraction of sp³-hybridized carbons (Fsp3) is 0. The fourth-order valence-corrected chi connectivity index (χ4v) is 12.5. The van der Waals surface area contributed by atoms with E-state index in [0.717, 1.165) is 28.3 Å². The number of thiophene rings is 2. The lowest BCUT2D eigenvalue weighted by molar-refractivity contribution is 1.18. The largest absolute Gasteiger partial charge is 0.309 e. The van der Waals surface area contributed by atoms with E-state index in [-0.39, 0.29) is 0 Å². The second kappa shape index (κ2) is 15.0. The zero-order valence-electron chi connectivity index (χ0n) is 34.7. The summed E-state index contributed by atoms with van der Waals surface area (Å²) in [6.07, 6.45) is 0. The van der Waals surface area contributed by atoms with E-state index in [4.69, 9.17) is 0 Å². The van der Waals surface area contributed by atoms with Gasteiger partial charge in [-0.3, -0.25) is 0 Å². The number of fused-ring (bicyclic) bond motifs is 9. The monoisotopic (exact) mass is 850 g/mol.